The maximum absolute atomic E-state index is 10.6. The highest BCUT2D eigenvalue weighted by atomic mass is 79.9. The summed E-state index contributed by atoms with van der Waals surface area (Å²) in [5, 5.41) is 8.68. The maximum atomic E-state index is 10.6. The van der Waals surface area contributed by atoms with Gasteiger partial charge in [0, 0.05) is 16.5 Å². The summed E-state index contributed by atoms with van der Waals surface area (Å²) in [4.78, 5) is 10.6. The first-order valence-corrected chi connectivity index (χ1v) is 5.76. The van der Waals surface area contributed by atoms with Crippen LogP contribution in [0.15, 0.2) is 16.6 Å². The average molecular weight is 287 g/mol. The van der Waals surface area contributed by atoms with Gasteiger partial charge in [0.05, 0.1) is 0 Å². The Balaban J connectivity index is 2.30. The van der Waals surface area contributed by atoms with E-state index in [-0.39, 0.29) is 6.42 Å². The van der Waals surface area contributed by atoms with Gasteiger partial charge in [-0.1, -0.05) is 15.9 Å². The van der Waals surface area contributed by atoms with Crippen LogP contribution in [0.25, 0.3) is 0 Å². The van der Waals surface area contributed by atoms with E-state index in [2.05, 4.69) is 15.9 Å². The van der Waals surface area contributed by atoms with Crippen molar-refractivity contribution in [2.24, 2.45) is 0 Å². The molecule has 5 heteroatoms. The molecule has 0 atom stereocenters. The number of hydrogen-bond donors (Lipinski definition) is 1. The number of carbonyl (C=O) groups is 1. The van der Waals surface area contributed by atoms with Gasteiger partial charge in [-0.2, -0.15) is 0 Å². The predicted molar refractivity (Wildman–Crippen MR) is 61.1 cm³/mol. The van der Waals surface area contributed by atoms with E-state index in [1.165, 1.54) is 0 Å². The molecule has 1 aliphatic rings. The molecule has 1 heterocycles. The lowest BCUT2D eigenvalue weighted by Crippen LogP contribution is -2.17. The van der Waals surface area contributed by atoms with Crippen LogP contribution >= 0.6 is 15.9 Å². The molecule has 1 N–H and O–H groups in total. The Morgan fingerprint density at radius 3 is 2.88 bits per heavy atom. The van der Waals surface area contributed by atoms with Gasteiger partial charge < -0.3 is 14.6 Å². The van der Waals surface area contributed by atoms with Gasteiger partial charge in [0.1, 0.15) is 13.2 Å². The molecule has 0 radical (unpaired) electrons. The Morgan fingerprint density at radius 1 is 1.38 bits per heavy atom. The first-order valence-electron chi connectivity index (χ1n) is 4.97. The van der Waals surface area contributed by atoms with Crippen molar-refractivity contribution in [3.8, 4) is 11.5 Å². The van der Waals surface area contributed by atoms with Gasteiger partial charge in [0.25, 0.3) is 0 Å². The summed E-state index contributed by atoms with van der Waals surface area (Å²) in [7, 11) is 0. The largest absolute Gasteiger partial charge is 0.486 e. The van der Waals surface area contributed by atoms with Crippen molar-refractivity contribution in [2.75, 3.05) is 13.2 Å². The zero-order valence-corrected chi connectivity index (χ0v) is 10.1. The average Bonchev–Trinajstić information content (AvgIpc) is 2.27. The molecule has 1 aliphatic heterocycles. The van der Waals surface area contributed by atoms with E-state index < -0.39 is 5.97 Å². The zero-order chi connectivity index (χ0) is 11.5. The lowest BCUT2D eigenvalue weighted by Gasteiger charge is -2.21. The Hall–Kier alpha value is -1.23. The quantitative estimate of drug-likeness (QED) is 0.926. The predicted octanol–water partition coefficient (Wildman–Crippen LogP) is 2.24. The highest BCUT2D eigenvalue weighted by Crippen LogP contribution is 2.38. The molecule has 0 aromatic heterocycles. The summed E-state index contributed by atoms with van der Waals surface area (Å²) in [5.74, 6) is 0.540. The first-order chi connectivity index (χ1) is 7.68. The Labute approximate surface area is 101 Å². The van der Waals surface area contributed by atoms with Crippen molar-refractivity contribution in [3.63, 3.8) is 0 Å². The van der Waals surface area contributed by atoms with E-state index in [9.17, 15) is 4.79 Å². The molecule has 2 rings (SSSR count). The number of aliphatic carboxylic acids is 1. The van der Waals surface area contributed by atoms with Crippen LogP contribution in [0.4, 0.5) is 0 Å². The van der Waals surface area contributed by atoms with Gasteiger partial charge in [-0.15, -0.1) is 0 Å². The lowest BCUT2D eigenvalue weighted by molar-refractivity contribution is -0.136. The number of fused-ring (bicyclic) bond motifs is 1. The number of carboxylic acids is 1. The summed E-state index contributed by atoms with van der Waals surface area (Å²) in [6.45, 7) is 1.04. The third-order valence-corrected chi connectivity index (χ3v) is 3.09. The number of benzene rings is 1. The second-order valence-corrected chi connectivity index (χ2v) is 4.30. The third kappa shape index (κ3) is 2.29. The van der Waals surface area contributed by atoms with E-state index in [1.807, 2.05) is 12.1 Å². The fourth-order valence-corrected chi connectivity index (χ4v) is 2.12. The summed E-state index contributed by atoms with van der Waals surface area (Å²) in [6.07, 6.45) is 0.515. The molecule has 0 bridgehead atoms. The number of ether oxygens (including phenoxy) is 2. The van der Waals surface area contributed by atoms with Gasteiger partial charge in [0.15, 0.2) is 11.5 Å². The minimum atomic E-state index is -0.818. The van der Waals surface area contributed by atoms with Crippen LogP contribution in [0, 0.1) is 0 Å². The molecule has 4 nitrogen and oxygen atoms in total. The fourth-order valence-electron chi connectivity index (χ4n) is 1.61. The number of halogens is 1. The summed E-state index contributed by atoms with van der Waals surface area (Å²) >= 11 is 3.40. The van der Waals surface area contributed by atoms with Crippen molar-refractivity contribution in [3.05, 3.63) is 22.2 Å². The topological polar surface area (TPSA) is 55.8 Å². The van der Waals surface area contributed by atoms with Crippen molar-refractivity contribution in [1.29, 1.82) is 0 Å². The molecule has 0 spiro atoms. The molecule has 1 aromatic carbocycles. The number of hydrogen-bond acceptors (Lipinski definition) is 3. The van der Waals surface area contributed by atoms with E-state index in [0.717, 1.165) is 10.0 Å². The standard InChI is InChI=1S/C11H11BrO4/c12-8-2-3-9-11(16-6-5-15-9)7(8)1-4-10(13)14/h2-3H,1,4-6H2,(H,13,14). The number of carboxylic acid groups (broad SMARTS) is 1. The summed E-state index contributed by atoms with van der Waals surface area (Å²) < 4.78 is 11.8. The van der Waals surface area contributed by atoms with Crippen molar-refractivity contribution in [1.82, 2.24) is 0 Å². The molecule has 0 aliphatic carbocycles. The Kier molecular flexibility index (Phi) is 3.33. The molecule has 0 saturated heterocycles. The molecule has 0 saturated carbocycles. The van der Waals surface area contributed by atoms with Crippen LogP contribution in [-0.4, -0.2) is 24.3 Å². The van der Waals surface area contributed by atoms with Crippen LogP contribution in [-0.2, 0) is 11.2 Å². The van der Waals surface area contributed by atoms with Crippen LogP contribution in [0.2, 0.25) is 0 Å². The molecule has 0 amide bonds. The molecule has 1 aromatic rings. The SMILES string of the molecule is O=C(O)CCc1c(Br)ccc2c1OCCO2. The van der Waals surface area contributed by atoms with Gasteiger partial charge in [0.2, 0.25) is 0 Å². The van der Waals surface area contributed by atoms with Crippen LogP contribution < -0.4 is 9.47 Å². The van der Waals surface area contributed by atoms with E-state index in [1.54, 1.807) is 0 Å². The van der Waals surface area contributed by atoms with E-state index in [0.29, 0.717) is 31.1 Å². The minimum Gasteiger partial charge on any atom is -0.486 e. The van der Waals surface area contributed by atoms with Gasteiger partial charge in [-0.3, -0.25) is 4.79 Å². The van der Waals surface area contributed by atoms with Gasteiger partial charge in [-0.05, 0) is 18.6 Å². The highest BCUT2D eigenvalue weighted by Gasteiger charge is 2.18. The smallest absolute Gasteiger partial charge is 0.303 e. The molecule has 16 heavy (non-hydrogen) atoms. The number of rotatable bonds is 3. The van der Waals surface area contributed by atoms with E-state index in [4.69, 9.17) is 14.6 Å². The lowest BCUT2D eigenvalue weighted by atomic mass is 10.1. The summed E-state index contributed by atoms with van der Waals surface area (Å²) in [6, 6.07) is 3.67. The van der Waals surface area contributed by atoms with Crippen molar-refractivity contribution in [2.45, 2.75) is 12.8 Å². The van der Waals surface area contributed by atoms with Gasteiger partial charge >= 0.3 is 5.97 Å². The van der Waals surface area contributed by atoms with Crippen LogP contribution in [0.1, 0.15) is 12.0 Å². The van der Waals surface area contributed by atoms with Crippen LogP contribution in [0.5, 0.6) is 11.5 Å². The van der Waals surface area contributed by atoms with Gasteiger partial charge in [-0.25, -0.2) is 0 Å². The fraction of sp³-hybridized carbons (Fsp3) is 0.364. The second-order valence-electron chi connectivity index (χ2n) is 3.44. The summed E-state index contributed by atoms with van der Waals surface area (Å²) in [5.41, 5.74) is 0.861. The molecular weight excluding hydrogens is 276 g/mol. The molecular formula is C11H11BrO4. The highest BCUT2D eigenvalue weighted by molar-refractivity contribution is 9.10. The maximum Gasteiger partial charge on any atom is 0.303 e. The minimum absolute atomic E-state index is 0.0818. The normalized spacial score (nSPS) is 13.6. The second kappa shape index (κ2) is 4.74. The molecule has 0 unspecified atom stereocenters. The zero-order valence-electron chi connectivity index (χ0n) is 8.53. The van der Waals surface area contributed by atoms with Crippen molar-refractivity contribution >= 4 is 21.9 Å². The molecule has 86 valence electrons. The monoisotopic (exact) mass is 286 g/mol. The Bertz CT molecular complexity index is 417. The Morgan fingerprint density at radius 2 is 2.12 bits per heavy atom. The molecule has 0 fully saturated rings. The van der Waals surface area contributed by atoms with Crippen LogP contribution in [0.3, 0.4) is 0 Å². The van der Waals surface area contributed by atoms with Crippen molar-refractivity contribution < 1.29 is 19.4 Å². The first kappa shape index (κ1) is 11.3. The third-order valence-electron chi connectivity index (χ3n) is 2.34. The van der Waals surface area contributed by atoms with E-state index >= 15 is 0 Å².